The van der Waals surface area contributed by atoms with Gasteiger partial charge in [0.15, 0.2) is 0 Å². The third-order valence-electron chi connectivity index (χ3n) is 3.37. The van der Waals surface area contributed by atoms with Gasteiger partial charge in [0.2, 0.25) is 5.82 Å². The summed E-state index contributed by atoms with van der Waals surface area (Å²) in [7, 11) is 0. The quantitative estimate of drug-likeness (QED) is 0.754. The Balaban J connectivity index is 1.65. The minimum atomic E-state index is -0.757. The number of carbonyl (C=O) groups is 1. The smallest absolute Gasteiger partial charge is 0.295 e. The zero-order chi connectivity index (χ0) is 16.9. The molecule has 0 bridgehead atoms. The van der Waals surface area contributed by atoms with E-state index in [-0.39, 0.29) is 12.4 Å². The number of aliphatic hydroxyl groups excluding tert-OH is 1. The molecule has 7 heteroatoms. The van der Waals surface area contributed by atoms with E-state index < -0.39 is 17.8 Å². The number of nitrogens with one attached hydrogen (secondary N) is 1. The first-order chi connectivity index (χ1) is 11.6. The third-order valence-corrected chi connectivity index (χ3v) is 3.37. The number of benzene rings is 2. The van der Waals surface area contributed by atoms with Crippen LogP contribution in [0.4, 0.5) is 10.1 Å². The Morgan fingerprint density at radius 3 is 2.75 bits per heavy atom. The molecule has 0 radical (unpaired) electrons. The fourth-order valence-electron chi connectivity index (χ4n) is 2.20. The molecule has 0 unspecified atom stereocenters. The van der Waals surface area contributed by atoms with Gasteiger partial charge in [0.1, 0.15) is 12.1 Å². The Hall–Kier alpha value is -3.06. The highest BCUT2D eigenvalue weighted by Crippen LogP contribution is 2.14. The highest BCUT2D eigenvalue weighted by Gasteiger charge is 2.14. The molecular formula is C17H15FN4O2. The SMILES string of the molecule is O=C(Nc1cccc(F)c1)c1ncn(C[C@@H](O)c2ccccc2)n1. The molecule has 1 aromatic heterocycles. The molecule has 0 fully saturated rings. The lowest BCUT2D eigenvalue weighted by molar-refractivity contribution is 0.101. The molecule has 2 aromatic carbocycles. The van der Waals surface area contributed by atoms with Crippen molar-refractivity contribution in [3.8, 4) is 0 Å². The van der Waals surface area contributed by atoms with Crippen molar-refractivity contribution in [2.24, 2.45) is 0 Å². The van der Waals surface area contributed by atoms with Crippen LogP contribution in [0, 0.1) is 5.82 Å². The van der Waals surface area contributed by atoms with Gasteiger partial charge in [-0.25, -0.2) is 14.1 Å². The van der Waals surface area contributed by atoms with E-state index in [9.17, 15) is 14.3 Å². The largest absolute Gasteiger partial charge is 0.386 e. The molecule has 3 aromatic rings. The van der Waals surface area contributed by atoms with Crippen LogP contribution >= 0.6 is 0 Å². The van der Waals surface area contributed by atoms with Gasteiger partial charge in [-0.15, -0.1) is 5.10 Å². The van der Waals surface area contributed by atoms with Crippen LogP contribution in [0.3, 0.4) is 0 Å². The Kier molecular flexibility index (Phi) is 4.62. The molecule has 122 valence electrons. The second kappa shape index (κ2) is 7.01. The van der Waals surface area contributed by atoms with Gasteiger partial charge in [0.05, 0.1) is 12.6 Å². The first-order valence-corrected chi connectivity index (χ1v) is 7.31. The summed E-state index contributed by atoms with van der Waals surface area (Å²) >= 11 is 0. The molecule has 2 N–H and O–H groups in total. The zero-order valence-electron chi connectivity index (χ0n) is 12.6. The molecule has 1 atom stereocenters. The predicted molar refractivity (Wildman–Crippen MR) is 85.8 cm³/mol. The van der Waals surface area contributed by atoms with Crippen LogP contribution in [0.2, 0.25) is 0 Å². The Bertz CT molecular complexity index is 835. The van der Waals surface area contributed by atoms with Crippen molar-refractivity contribution in [2.75, 3.05) is 5.32 Å². The molecule has 0 aliphatic carbocycles. The van der Waals surface area contributed by atoms with E-state index in [4.69, 9.17) is 0 Å². The zero-order valence-corrected chi connectivity index (χ0v) is 12.6. The van der Waals surface area contributed by atoms with Crippen molar-refractivity contribution in [1.82, 2.24) is 14.8 Å². The van der Waals surface area contributed by atoms with Crippen molar-refractivity contribution in [3.63, 3.8) is 0 Å². The second-order valence-corrected chi connectivity index (χ2v) is 5.18. The third kappa shape index (κ3) is 3.82. The average Bonchev–Trinajstić information content (AvgIpc) is 3.04. The standard InChI is InChI=1S/C17H15FN4O2/c18-13-7-4-8-14(9-13)20-17(24)16-19-11-22(21-16)10-15(23)12-5-2-1-3-6-12/h1-9,11,15,23H,10H2,(H,20,24)/t15-/m1/s1. The van der Waals surface area contributed by atoms with E-state index in [1.54, 1.807) is 18.2 Å². The molecule has 3 rings (SSSR count). The molecule has 0 saturated carbocycles. The monoisotopic (exact) mass is 326 g/mol. The number of hydrogen-bond donors (Lipinski definition) is 2. The van der Waals surface area contributed by atoms with E-state index >= 15 is 0 Å². The van der Waals surface area contributed by atoms with Crippen molar-refractivity contribution in [1.29, 1.82) is 0 Å². The number of nitrogens with zero attached hydrogens (tertiary/aromatic N) is 3. The Morgan fingerprint density at radius 1 is 1.21 bits per heavy atom. The number of anilines is 1. The Labute approximate surface area is 137 Å². The van der Waals surface area contributed by atoms with Crippen molar-refractivity contribution >= 4 is 11.6 Å². The highest BCUT2D eigenvalue weighted by atomic mass is 19.1. The van der Waals surface area contributed by atoms with Crippen LogP contribution in [0.1, 0.15) is 22.3 Å². The molecule has 0 aliphatic rings. The summed E-state index contributed by atoms with van der Waals surface area (Å²) in [6.07, 6.45) is 0.610. The van der Waals surface area contributed by atoms with Gasteiger partial charge in [0, 0.05) is 5.69 Å². The number of hydrogen-bond acceptors (Lipinski definition) is 4. The first-order valence-electron chi connectivity index (χ1n) is 7.31. The minimum Gasteiger partial charge on any atom is -0.386 e. The van der Waals surface area contributed by atoms with E-state index in [1.165, 1.54) is 29.2 Å². The second-order valence-electron chi connectivity index (χ2n) is 5.18. The molecule has 1 heterocycles. The molecule has 24 heavy (non-hydrogen) atoms. The summed E-state index contributed by atoms with van der Waals surface area (Å²) in [6, 6.07) is 14.7. The van der Waals surface area contributed by atoms with Crippen LogP contribution in [0.25, 0.3) is 0 Å². The summed E-state index contributed by atoms with van der Waals surface area (Å²) in [5.41, 5.74) is 1.07. The fraction of sp³-hybridized carbons (Fsp3) is 0.118. The summed E-state index contributed by atoms with van der Waals surface area (Å²) in [5.74, 6) is -1.05. The van der Waals surface area contributed by atoms with Crippen LogP contribution < -0.4 is 5.32 Å². The highest BCUT2D eigenvalue weighted by molar-refractivity contribution is 6.01. The fourth-order valence-corrected chi connectivity index (χ4v) is 2.20. The molecular weight excluding hydrogens is 311 g/mol. The maximum atomic E-state index is 13.1. The van der Waals surface area contributed by atoms with Gasteiger partial charge in [0.25, 0.3) is 5.91 Å². The van der Waals surface area contributed by atoms with E-state index in [0.29, 0.717) is 5.69 Å². The van der Waals surface area contributed by atoms with Crippen molar-refractivity contribution < 1.29 is 14.3 Å². The van der Waals surface area contributed by atoms with Crippen molar-refractivity contribution in [2.45, 2.75) is 12.6 Å². The maximum Gasteiger partial charge on any atom is 0.295 e. The summed E-state index contributed by atoms with van der Waals surface area (Å²) < 4.78 is 14.5. The van der Waals surface area contributed by atoms with E-state index in [2.05, 4.69) is 15.4 Å². The summed E-state index contributed by atoms with van der Waals surface area (Å²) in [4.78, 5) is 16.0. The average molecular weight is 326 g/mol. The first kappa shape index (κ1) is 15.8. The molecule has 0 saturated heterocycles. The van der Waals surface area contributed by atoms with Gasteiger partial charge >= 0.3 is 0 Å². The normalized spacial score (nSPS) is 11.9. The summed E-state index contributed by atoms with van der Waals surface area (Å²) in [6.45, 7) is 0.171. The number of aromatic nitrogens is 3. The van der Waals surface area contributed by atoms with Gasteiger partial charge in [-0.3, -0.25) is 4.79 Å². The minimum absolute atomic E-state index is 0.0560. The van der Waals surface area contributed by atoms with Crippen LogP contribution in [0.5, 0.6) is 0 Å². The molecule has 1 amide bonds. The van der Waals surface area contributed by atoms with Gasteiger partial charge in [-0.05, 0) is 23.8 Å². The maximum absolute atomic E-state index is 13.1. The van der Waals surface area contributed by atoms with E-state index in [0.717, 1.165) is 5.56 Å². The predicted octanol–water partition coefficient (Wildman–Crippen LogP) is 2.40. The summed E-state index contributed by atoms with van der Waals surface area (Å²) in [5, 5.41) is 16.7. The number of aliphatic hydroxyl groups is 1. The lowest BCUT2D eigenvalue weighted by atomic mass is 10.1. The number of carbonyl (C=O) groups excluding carboxylic acids is 1. The molecule has 6 nitrogen and oxygen atoms in total. The number of halogens is 1. The van der Waals surface area contributed by atoms with Crippen LogP contribution in [-0.2, 0) is 6.54 Å². The number of amides is 1. The van der Waals surface area contributed by atoms with Crippen LogP contribution in [-0.4, -0.2) is 25.8 Å². The lowest BCUT2D eigenvalue weighted by Crippen LogP contribution is -2.15. The molecule has 0 aliphatic heterocycles. The number of rotatable bonds is 5. The van der Waals surface area contributed by atoms with Crippen molar-refractivity contribution in [3.05, 3.63) is 78.1 Å². The Morgan fingerprint density at radius 2 is 2.00 bits per heavy atom. The topological polar surface area (TPSA) is 80.0 Å². The molecule has 0 spiro atoms. The van der Waals surface area contributed by atoms with E-state index in [1.807, 2.05) is 18.2 Å². The van der Waals surface area contributed by atoms with Crippen LogP contribution in [0.15, 0.2) is 60.9 Å². The van der Waals surface area contributed by atoms with Gasteiger partial charge < -0.3 is 10.4 Å². The lowest BCUT2D eigenvalue weighted by Gasteiger charge is -2.10. The van der Waals surface area contributed by atoms with Gasteiger partial charge in [-0.1, -0.05) is 36.4 Å². The van der Waals surface area contributed by atoms with Gasteiger partial charge in [-0.2, -0.15) is 0 Å².